The normalized spacial score (nSPS) is 11.9. The summed E-state index contributed by atoms with van der Waals surface area (Å²) in [5, 5.41) is 7.89. The van der Waals surface area contributed by atoms with Crippen LogP contribution in [0.3, 0.4) is 0 Å². The fourth-order valence-corrected chi connectivity index (χ4v) is 3.35. The highest BCUT2D eigenvalue weighted by Gasteiger charge is 2.30. The van der Waals surface area contributed by atoms with Gasteiger partial charge in [-0.1, -0.05) is 36.4 Å². The van der Waals surface area contributed by atoms with E-state index in [2.05, 4.69) is 16.0 Å². The Morgan fingerprint density at radius 2 is 1.50 bits per heavy atom. The zero-order chi connectivity index (χ0) is 24.9. The zero-order valence-electron chi connectivity index (χ0n) is 18.9. The summed E-state index contributed by atoms with van der Waals surface area (Å²) in [5.41, 5.74) is 1.36. The fraction of sp³-hybridized carbons (Fsp3) is 0.200. The summed E-state index contributed by atoms with van der Waals surface area (Å²) in [4.78, 5) is 27.2. The van der Waals surface area contributed by atoms with Crippen LogP contribution in [0, 0.1) is 0 Å². The van der Waals surface area contributed by atoms with E-state index in [1.54, 1.807) is 31.1 Å². The van der Waals surface area contributed by atoms with Crippen LogP contribution in [-0.2, 0) is 6.18 Å². The molecule has 34 heavy (non-hydrogen) atoms. The van der Waals surface area contributed by atoms with Crippen LogP contribution in [0.25, 0.3) is 0 Å². The molecule has 3 aromatic carbocycles. The molecule has 0 fully saturated rings. The van der Waals surface area contributed by atoms with Crippen LogP contribution in [0.5, 0.6) is 0 Å². The molecular formula is C25H25F3N4O2. The highest BCUT2D eigenvalue weighted by atomic mass is 19.4. The first-order chi connectivity index (χ1) is 16.0. The summed E-state index contributed by atoms with van der Waals surface area (Å²) in [7, 11) is 3.58. The van der Waals surface area contributed by atoms with Gasteiger partial charge in [0.05, 0.1) is 17.2 Å². The van der Waals surface area contributed by atoms with Crippen molar-refractivity contribution in [2.75, 3.05) is 29.6 Å². The number of hydrogen-bond donors (Lipinski definition) is 3. The van der Waals surface area contributed by atoms with Crippen LogP contribution in [0.1, 0.15) is 34.5 Å². The summed E-state index contributed by atoms with van der Waals surface area (Å²) in [5.74, 6) is -0.331. The van der Waals surface area contributed by atoms with Crippen LogP contribution in [-0.4, -0.2) is 26.0 Å². The van der Waals surface area contributed by atoms with E-state index in [0.717, 1.165) is 17.7 Å². The van der Waals surface area contributed by atoms with Gasteiger partial charge in [-0.15, -0.1) is 0 Å². The zero-order valence-corrected chi connectivity index (χ0v) is 18.9. The van der Waals surface area contributed by atoms with Crippen LogP contribution in [0.2, 0.25) is 0 Å². The van der Waals surface area contributed by atoms with E-state index < -0.39 is 17.8 Å². The van der Waals surface area contributed by atoms with Gasteiger partial charge in [0.25, 0.3) is 5.91 Å². The standard InChI is InChI=1S/C25H25F3N4O2/c1-16(17-8-5-4-6-9-17)29-23(33)21-15-20(12-13-22(21)32(2)3)31-24(34)30-19-11-7-10-18(14-19)25(26,27)28/h4-16H,1-3H3,(H,29,33)(H2,30,31,34). The third-order valence-electron chi connectivity index (χ3n) is 5.08. The van der Waals surface area contributed by atoms with E-state index in [1.807, 2.05) is 37.3 Å². The summed E-state index contributed by atoms with van der Waals surface area (Å²) in [6.07, 6.45) is -4.52. The number of carbonyl (C=O) groups is 2. The molecule has 1 atom stereocenters. The van der Waals surface area contributed by atoms with E-state index in [1.165, 1.54) is 18.2 Å². The molecule has 0 aliphatic heterocycles. The first-order valence-corrected chi connectivity index (χ1v) is 10.5. The number of alkyl halides is 3. The Hall–Kier alpha value is -4.01. The Labute approximate surface area is 195 Å². The Bertz CT molecular complexity index is 1160. The Kier molecular flexibility index (Phi) is 7.45. The molecule has 3 amide bonds. The number of nitrogens with one attached hydrogen (secondary N) is 3. The SMILES string of the molecule is CC(NC(=O)c1cc(NC(=O)Nc2cccc(C(F)(F)F)c2)ccc1N(C)C)c1ccccc1. The Morgan fingerprint density at radius 1 is 0.853 bits per heavy atom. The number of urea groups is 1. The molecule has 0 spiro atoms. The molecule has 0 heterocycles. The van der Waals surface area contributed by atoms with E-state index in [4.69, 9.17) is 0 Å². The molecule has 3 N–H and O–H groups in total. The number of anilines is 3. The predicted octanol–water partition coefficient (Wildman–Crippen LogP) is 5.91. The van der Waals surface area contributed by atoms with Gasteiger partial charge >= 0.3 is 12.2 Å². The molecule has 0 saturated heterocycles. The minimum atomic E-state index is -4.52. The molecule has 9 heteroatoms. The van der Waals surface area contributed by atoms with Gasteiger partial charge in [0.15, 0.2) is 0 Å². The van der Waals surface area contributed by atoms with Gasteiger partial charge in [-0.3, -0.25) is 4.79 Å². The molecule has 6 nitrogen and oxygen atoms in total. The van der Waals surface area contributed by atoms with Crippen molar-refractivity contribution < 1.29 is 22.8 Å². The van der Waals surface area contributed by atoms with Crippen molar-refractivity contribution in [1.29, 1.82) is 0 Å². The van der Waals surface area contributed by atoms with Crippen molar-refractivity contribution >= 4 is 29.0 Å². The van der Waals surface area contributed by atoms with Crippen molar-refractivity contribution in [3.8, 4) is 0 Å². The average Bonchev–Trinajstić information content (AvgIpc) is 2.79. The van der Waals surface area contributed by atoms with Crippen LogP contribution >= 0.6 is 0 Å². The van der Waals surface area contributed by atoms with E-state index in [9.17, 15) is 22.8 Å². The lowest BCUT2D eigenvalue weighted by atomic mass is 10.1. The Balaban J connectivity index is 1.76. The molecule has 0 saturated carbocycles. The predicted molar refractivity (Wildman–Crippen MR) is 127 cm³/mol. The van der Waals surface area contributed by atoms with E-state index >= 15 is 0 Å². The molecule has 1 unspecified atom stereocenters. The quantitative estimate of drug-likeness (QED) is 0.420. The van der Waals surface area contributed by atoms with Crippen molar-refractivity contribution in [1.82, 2.24) is 5.32 Å². The second-order valence-electron chi connectivity index (χ2n) is 7.89. The summed E-state index contributed by atoms with van der Waals surface area (Å²) in [6.45, 7) is 1.87. The van der Waals surface area contributed by atoms with Crippen molar-refractivity contribution in [3.63, 3.8) is 0 Å². The number of nitrogens with zero attached hydrogens (tertiary/aromatic N) is 1. The number of amides is 3. The smallest absolute Gasteiger partial charge is 0.377 e. The maximum atomic E-state index is 13.0. The van der Waals surface area contributed by atoms with E-state index in [0.29, 0.717) is 16.9 Å². The lowest BCUT2D eigenvalue weighted by Crippen LogP contribution is -2.28. The van der Waals surface area contributed by atoms with Crippen LogP contribution in [0.15, 0.2) is 72.8 Å². The number of rotatable bonds is 6. The highest BCUT2D eigenvalue weighted by molar-refractivity contribution is 6.04. The topological polar surface area (TPSA) is 73.5 Å². The van der Waals surface area contributed by atoms with Crippen molar-refractivity contribution in [2.45, 2.75) is 19.1 Å². The highest BCUT2D eigenvalue weighted by Crippen LogP contribution is 2.31. The van der Waals surface area contributed by atoms with E-state index in [-0.39, 0.29) is 17.6 Å². The summed E-state index contributed by atoms with van der Waals surface area (Å²) < 4.78 is 38.7. The number of halogens is 3. The monoisotopic (exact) mass is 470 g/mol. The minimum Gasteiger partial charge on any atom is -0.377 e. The molecule has 178 valence electrons. The molecule has 0 bridgehead atoms. The van der Waals surface area contributed by atoms with Gasteiger partial charge < -0.3 is 20.9 Å². The number of benzene rings is 3. The summed E-state index contributed by atoms with van der Waals surface area (Å²) >= 11 is 0. The molecule has 3 rings (SSSR count). The maximum Gasteiger partial charge on any atom is 0.416 e. The lowest BCUT2D eigenvalue weighted by Gasteiger charge is -2.20. The van der Waals surface area contributed by atoms with Gasteiger partial charge in [-0.05, 0) is 48.9 Å². The Morgan fingerprint density at radius 3 is 2.12 bits per heavy atom. The molecule has 0 aliphatic rings. The molecule has 0 aromatic heterocycles. The lowest BCUT2D eigenvalue weighted by molar-refractivity contribution is -0.137. The van der Waals surface area contributed by atoms with Crippen molar-refractivity contribution in [3.05, 3.63) is 89.5 Å². The second-order valence-corrected chi connectivity index (χ2v) is 7.89. The molecule has 0 radical (unpaired) electrons. The third kappa shape index (κ3) is 6.28. The van der Waals surface area contributed by atoms with Gasteiger partial charge in [-0.2, -0.15) is 13.2 Å². The maximum absolute atomic E-state index is 13.0. The van der Waals surface area contributed by atoms with Gasteiger partial charge in [-0.25, -0.2) is 4.79 Å². The van der Waals surface area contributed by atoms with Gasteiger partial charge in [0.1, 0.15) is 0 Å². The third-order valence-corrected chi connectivity index (χ3v) is 5.08. The average molecular weight is 470 g/mol. The van der Waals surface area contributed by atoms with Gasteiger partial charge in [0, 0.05) is 31.2 Å². The minimum absolute atomic E-state index is 0.00751. The molecule has 0 aliphatic carbocycles. The van der Waals surface area contributed by atoms with Crippen LogP contribution in [0.4, 0.5) is 35.0 Å². The van der Waals surface area contributed by atoms with Gasteiger partial charge in [0.2, 0.25) is 0 Å². The largest absolute Gasteiger partial charge is 0.416 e. The summed E-state index contributed by atoms with van der Waals surface area (Å²) in [6, 6.07) is 17.6. The molecule has 3 aromatic rings. The fourth-order valence-electron chi connectivity index (χ4n) is 3.35. The molecular weight excluding hydrogens is 445 g/mol. The van der Waals surface area contributed by atoms with Crippen LogP contribution < -0.4 is 20.9 Å². The second kappa shape index (κ2) is 10.3. The van der Waals surface area contributed by atoms with Crippen molar-refractivity contribution in [2.24, 2.45) is 0 Å². The first kappa shape index (κ1) is 24.6. The first-order valence-electron chi connectivity index (χ1n) is 10.5. The number of carbonyl (C=O) groups excluding carboxylic acids is 2. The number of hydrogen-bond acceptors (Lipinski definition) is 3.